The van der Waals surface area contributed by atoms with Crippen molar-refractivity contribution >= 4 is 28.1 Å². The highest BCUT2D eigenvalue weighted by Gasteiger charge is 2.23. The number of aliphatic hydroxyl groups is 1. The van der Waals surface area contributed by atoms with Gasteiger partial charge in [-0.05, 0) is 18.2 Å². The number of anilines is 2. The van der Waals surface area contributed by atoms with Gasteiger partial charge in [-0.15, -0.1) is 0 Å². The standard InChI is InChI=1S/C16H20N8O2/c1-23-16(26)14(15(17)21-23)19-7-13(25)20-22-24-8-12(24)10-2-3-11-9(6-10)4-5-18-11/h2-6,8,13,18-22,25H,7,17H2,1H3. The van der Waals surface area contributed by atoms with E-state index in [2.05, 4.69) is 32.4 Å². The monoisotopic (exact) mass is 356 g/mol. The number of nitrogen functional groups attached to an aromatic ring is 1. The van der Waals surface area contributed by atoms with Gasteiger partial charge < -0.3 is 21.1 Å². The number of aromatic nitrogens is 3. The van der Waals surface area contributed by atoms with Gasteiger partial charge in [-0.3, -0.25) is 19.6 Å². The van der Waals surface area contributed by atoms with Crippen LogP contribution in [0.4, 0.5) is 11.5 Å². The molecule has 0 bridgehead atoms. The third kappa shape index (κ3) is 3.04. The normalized spacial score (nSPS) is 14.5. The summed E-state index contributed by atoms with van der Waals surface area (Å²) in [4.78, 5) is 15.0. The van der Waals surface area contributed by atoms with Crippen molar-refractivity contribution in [1.82, 2.24) is 30.7 Å². The number of benzene rings is 1. The topological polar surface area (TPSA) is 139 Å². The number of hydrogen-bond donors (Lipinski definition) is 7. The van der Waals surface area contributed by atoms with Gasteiger partial charge in [0.25, 0.3) is 5.56 Å². The molecule has 1 unspecified atom stereocenters. The predicted molar refractivity (Wildman–Crippen MR) is 99.3 cm³/mol. The Kier molecular flexibility index (Phi) is 3.92. The summed E-state index contributed by atoms with van der Waals surface area (Å²) in [5.74, 6) is 0.229. The van der Waals surface area contributed by atoms with Crippen LogP contribution in [0.1, 0.15) is 5.56 Å². The van der Waals surface area contributed by atoms with E-state index in [9.17, 15) is 9.90 Å². The number of fused-ring (bicyclic) bond motifs is 1. The van der Waals surface area contributed by atoms with Gasteiger partial charge in [-0.1, -0.05) is 6.07 Å². The summed E-state index contributed by atoms with van der Waals surface area (Å²) in [6, 6.07) is 8.15. The lowest BCUT2D eigenvalue weighted by molar-refractivity contribution is 0.110. The molecule has 1 aliphatic rings. The number of hydrogen-bond acceptors (Lipinski definition) is 7. The molecule has 0 fully saturated rings. The minimum atomic E-state index is -0.934. The van der Waals surface area contributed by atoms with E-state index in [0.29, 0.717) is 0 Å². The molecule has 136 valence electrons. The Hall–Kier alpha value is -3.21. The summed E-state index contributed by atoms with van der Waals surface area (Å²) in [7, 11) is 1.57. The number of hydrazine groups is 2. The van der Waals surface area contributed by atoms with Crippen LogP contribution in [0.15, 0.2) is 41.5 Å². The zero-order valence-electron chi connectivity index (χ0n) is 14.1. The van der Waals surface area contributed by atoms with Gasteiger partial charge in [0.15, 0.2) is 0 Å². The second kappa shape index (κ2) is 6.26. The molecule has 0 spiro atoms. The average Bonchev–Trinajstić information content (AvgIpc) is 3.17. The van der Waals surface area contributed by atoms with Crippen LogP contribution >= 0.6 is 0 Å². The zero-order valence-corrected chi connectivity index (χ0v) is 14.1. The van der Waals surface area contributed by atoms with Gasteiger partial charge in [0.05, 0.1) is 12.2 Å². The number of nitrogens with one attached hydrogen (secondary N) is 5. The number of H-pyrrole nitrogens is 2. The third-order valence-electron chi connectivity index (χ3n) is 4.19. The minimum absolute atomic E-state index is 0.1000. The lowest BCUT2D eigenvalue weighted by Crippen LogP contribution is -2.47. The summed E-state index contributed by atoms with van der Waals surface area (Å²) < 4.78 is 1.27. The van der Waals surface area contributed by atoms with Gasteiger partial charge in [0, 0.05) is 35.9 Å². The molecule has 10 heteroatoms. The number of nitrogens with two attached hydrogens (primary N) is 1. The van der Waals surface area contributed by atoms with E-state index in [4.69, 9.17) is 5.73 Å². The minimum Gasteiger partial charge on any atom is -0.382 e. The summed E-state index contributed by atoms with van der Waals surface area (Å²) >= 11 is 0. The van der Waals surface area contributed by atoms with E-state index in [0.717, 1.165) is 22.2 Å². The first kappa shape index (κ1) is 16.3. The van der Waals surface area contributed by atoms with Crippen molar-refractivity contribution in [3.8, 4) is 0 Å². The Labute approximate surface area is 148 Å². The Morgan fingerprint density at radius 1 is 1.35 bits per heavy atom. The van der Waals surface area contributed by atoms with Crippen molar-refractivity contribution in [2.45, 2.75) is 6.23 Å². The van der Waals surface area contributed by atoms with Crippen LogP contribution in [-0.4, -0.2) is 37.7 Å². The molecule has 0 amide bonds. The van der Waals surface area contributed by atoms with Gasteiger partial charge in [-0.2, -0.15) is 5.53 Å². The molecule has 3 heterocycles. The molecule has 2 aromatic heterocycles. The molecule has 0 saturated heterocycles. The van der Waals surface area contributed by atoms with E-state index < -0.39 is 6.23 Å². The summed E-state index contributed by atoms with van der Waals surface area (Å²) in [5, 5.41) is 18.4. The van der Waals surface area contributed by atoms with Crippen LogP contribution < -0.4 is 27.6 Å². The Bertz CT molecular complexity index is 1030. The summed E-state index contributed by atoms with van der Waals surface area (Å²) in [6.07, 6.45) is 2.87. The Balaban J connectivity index is 1.26. The number of aryl methyl sites for hydroxylation is 1. The van der Waals surface area contributed by atoms with Crippen molar-refractivity contribution in [3.05, 3.63) is 52.6 Å². The first-order valence-corrected chi connectivity index (χ1v) is 8.09. The van der Waals surface area contributed by atoms with Crippen molar-refractivity contribution in [2.24, 2.45) is 7.05 Å². The van der Waals surface area contributed by atoms with Gasteiger partial charge in [0.1, 0.15) is 17.7 Å². The fourth-order valence-corrected chi connectivity index (χ4v) is 2.75. The third-order valence-corrected chi connectivity index (χ3v) is 4.19. The maximum atomic E-state index is 11.8. The fraction of sp³-hybridized carbons (Fsp3) is 0.188. The molecule has 26 heavy (non-hydrogen) atoms. The lowest BCUT2D eigenvalue weighted by Gasteiger charge is -2.16. The molecule has 3 aromatic rings. The molecule has 10 nitrogen and oxygen atoms in total. The van der Waals surface area contributed by atoms with Crippen molar-refractivity contribution in [2.75, 3.05) is 17.6 Å². The molecule has 1 aromatic carbocycles. The second-order valence-corrected chi connectivity index (χ2v) is 6.08. The SMILES string of the molecule is Cn1[nH]c(N)c(NCC(O)NNN2C=C2c2ccc3[nH]ccc3c2)c1=O. The average molecular weight is 356 g/mol. The number of aliphatic hydroxyl groups excluding tert-OH is 1. The second-order valence-electron chi connectivity index (χ2n) is 6.08. The van der Waals surface area contributed by atoms with Crippen LogP contribution in [0.2, 0.25) is 0 Å². The van der Waals surface area contributed by atoms with Crippen molar-refractivity contribution in [1.29, 1.82) is 0 Å². The van der Waals surface area contributed by atoms with Crippen LogP contribution in [0, 0.1) is 0 Å². The molecule has 0 aliphatic carbocycles. The first-order valence-electron chi connectivity index (χ1n) is 8.09. The van der Waals surface area contributed by atoms with Gasteiger partial charge in [-0.25, -0.2) is 5.43 Å². The molecular formula is C16H20N8O2. The van der Waals surface area contributed by atoms with E-state index in [1.807, 2.05) is 30.6 Å². The van der Waals surface area contributed by atoms with Crippen LogP contribution in [-0.2, 0) is 7.05 Å². The maximum absolute atomic E-state index is 11.8. The summed E-state index contributed by atoms with van der Waals surface area (Å²) in [6.45, 7) is 0.1000. The van der Waals surface area contributed by atoms with Crippen LogP contribution in [0.3, 0.4) is 0 Å². The largest absolute Gasteiger partial charge is 0.382 e. The Morgan fingerprint density at radius 2 is 2.19 bits per heavy atom. The Morgan fingerprint density at radius 3 is 2.96 bits per heavy atom. The maximum Gasteiger partial charge on any atom is 0.291 e. The van der Waals surface area contributed by atoms with E-state index in [-0.39, 0.29) is 23.6 Å². The molecule has 4 rings (SSSR count). The summed E-state index contributed by atoms with van der Waals surface area (Å²) in [5.41, 5.74) is 14.4. The first-order chi connectivity index (χ1) is 12.5. The smallest absolute Gasteiger partial charge is 0.291 e. The molecule has 1 atom stereocenters. The van der Waals surface area contributed by atoms with E-state index in [1.165, 1.54) is 4.68 Å². The van der Waals surface area contributed by atoms with Crippen LogP contribution in [0.5, 0.6) is 0 Å². The number of rotatable bonds is 7. The number of nitrogens with zero attached hydrogens (tertiary/aromatic N) is 2. The van der Waals surface area contributed by atoms with Crippen LogP contribution in [0.25, 0.3) is 16.6 Å². The zero-order chi connectivity index (χ0) is 18.3. The highest BCUT2D eigenvalue weighted by atomic mass is 16.3. The quantitative estimate of drug-likeness (QED) is 0.230. The van der Waals surface area contributed by atoms with Gasteiger partial charge in [0.2, 0.25) is 0 Å². The van der Waals surface area contributed by atoms with E-state index >= 15 is 0 Å². The fourth-order valence-electron chi connectivity index (χ4n) is 2.75. The van der Waals surface area contributed by atoms with Gasteiger partial charge >= 0.3 is 0 Å². The highest BCUT2D eigenvalue weighted by molar-refractivity contribution is 5.85. The van der Waals surface area contributed by atoms with Crippen molar-refractivity contribution in [3.63, 3.8) is 0 Å². The lowest BCUT2D eigenvalue weighted by atomic mass is 10.1. The molecule has 8 N–H and O–H groups in total. The molecule has 0 saturated carbocycles. The molecular weight excluding hydrogens is 336 g/mol. The predicted octanol–water partition coefficient (Wildman–Crippen LogP) is -0.169. The molecule has 1 aliphatic heterocycles. The highest BCUT2D eigenvalue weighted by Crippen LogP contribution is 2.31. The van der Waals surface area contributed by atoms with Crippen molar-refractivity contribution < 1.29 is 5.11 Å². The molecule has 0 radical (unpaired) electrons. The van der Waals surface area contributed by atoms with E-state index in [1.54, 1.807) is 12.1 Å². The number of aromatic amines is 2.